The molecule has 0 bridgehead atoms. The number of Topliss-reactive ketones (excluding diaryl/α,β-unsaturated/α-hetero) is 1. The van der Waals surface area contributed by atoms with Crippen LogP contribution in [0.25, 0.3) is 0 Å². The largest absolute Gasteiger partial charge is 0.359 e. The zero-order valence-corrected chi connectivity index (χ0v) is 7.31. The maximum absolute atomic E-state index is 11.0. The molecule has 0 aliphatic carbocycles. The third-order valence-electron chi connectivity index (χ3n) is 1.67. The van der Waals surface area contributed by atoms with E-state index in [-0.39, 0.29) is 17.6 Å². The number of amides is 1. The summed E-state index contributed by atoms with van der Waals surface area (Å²) in [6, 6.07) is 0. The highest BCUT2D eigenvalue weighted by atomic mass is 16.2. The van der Waals surface area contributed by atoms with Crippen LogP contribution in [0.15, 0.2) is 0 Å². The summed E-state index contributed by atoms with van der Waals surface area (Å²) in [5.74, 6) is -0.0622. The SMILES string of the molecule is CCC(=O)C(C)CC(=O)NC. The molecule has 0 radical (unpaired) electrons. The lowest BCUT2D eigenvalue weighted by molar-refractivity contribution is -0.128. The second-order valence-electron chi connectivity index (χ2n) is 2.60. The summed E-state index contributed by atoms with van der Waals surface area (Å²) in [6.45, 7) is 3.59. The number of carbonyl (C=O) groups excluding carboxylic acids is 2. The van der Waals surface area contributed by atoms with Gasteiger partial charge in [0.2, 0.25) is 5.91 Å². The number of hydrogen-bond donors (Lipinski definition) is 1. The first-order valence-electron chi connectivity index (χ1n) is 3.85. The van der Waals surface area contributed by atoms with E-state index in [2.05, 4.69) is 5.32 Å². The minimum atomic E-state index is -0.139. The number of hydrogen-bond acceptors (Lipinski definition) is 2. The summed E-state index contributed by atoms with van der Waals surface area (Å²) in [5.41, 5.74) is 0. The molecule has 1 N–H and O–H groups in total. The van der Waals surface area contributed by atoms with Gasteiger partial charge in [-0.3, -0.25) is 9.59 Å². The molecule has 0 aliphatic heterocycles. The molecule has 0 saturated carbocycles. The van der Waals surface area contributed by atoms with Crippen LogP contribution in [0.3, 0.4) is 0 Å². The third kappa shape index (κ3) is 3.75. The molecule has 0 saturated heterocycles. The molecule has 11 heavy (non-hydrogen) atoms. The fourth-order valence-corrected chi connectivity index (χ4v) is 0.842. The zero-order chi connectivity index (χ0) is 8.85. The van der Waals surface area contributed by atoms with E-state index >= 15 is 0 Å². The fourth-order valence-electron chi connectivity index (χ4n) is 0.842. The van der Waals surface area contributed by atoms with Crippen LogP contribution in [0.5, 0.6) is 0 Å². The molecule has 3 nitrogen and oxygen atoms in total. The predicted octanol–water partition coefficient (Wildman–Crippen LogP) is 0.738. The molecule has 0 rings (SSSR count). The van der Waals surface area contributed by atoms with E-state index in [1.165, 1.54) is 0 Å². The van der Waals surface area contributed by atoms with Crippen LogP contribution in [-0.2, 0) is 9.59 Å². The number of carbonyl (C=O) groups is 2. The standard InChI is InChI=1S/C8H15NO2/c1-4-7(10)6(2)5-8(11)9-3/h6H,4-5H2,1-3H3,(H,9,11). The van der Waals surface area contributed by atoms with Gasteiger partial charge in [-0.25, -0.2) is 0 Å². The molecule has 0 heterocycles. The Morgan fingerprint density at radius 3 is 2.36 bits per heavy atom. The van der Waals surface area contributed by atoms with Crippen molar-refractivity contribution in [2.24, 2.45) is 5.92 Å². The van der Waals surface area contributed by atoms with E-state index in [1.807, 2.05) is 6.92 Å². The molecular weight excluding hydrogens is 142 g/mol. The predicted molar refractivity (Wildman–Crippen MR) is 43.1 cm³/mol. The highest BCUT2D eigenvalue weighted by Crippen LogP contribution is 2.04. The molecule has 0 aromatic heterocycles. The molecule has 0 aromatic rings. The van der Waals surface area contributed by atoms with Crippen molar-refractivity contribution in [1.82, 2.24) is 5.32 Å². The first-order valence-corrected chi connectivity index (χ1v) is 3.85. The van der Waals surface area contributed by atoms with Crippen molar-refractivity contribution >= 4 is 11.7 Å². The highest BCUT2D eigenvalue weighted by molar-refractivity contribution is 5.86. The van der Waals surface area contributed by atoms with Gasteiger partial charge >= 0.3 is 0 Å². The number of nitrogens with one attached hydrogen (secondary N) is 1. The summed E-state index contributed by atoms with van der Waals surface area (Å²) in [6.07, 6.45) is 0.821. The average Bonchev–Trinajstić information content (AvgIpc) is 2.02. The quantitative estimate of drug-likeness (QED) is 0.654. The van der Waals surface area contributed by atoms with Crippen LogP contribution < -0.4 is 5.32 Å². The molecule has 0 spiro atoms. The van der Waals surface area contributed by atoms with Gasteiger partial charge in [0.25, 0.3) is 0 Å². The topological polar surface area (TPSA) is 46.2 Å². The van der Waals surface area contributed by atoms with E-state index in [0.29, 0.717) is 12.8 Å². The van der Waals surface area contributed by atoms with Gasteiger partial charge in [0.05, 0.1) is 0 Å². The van der Waals surface area contributed by atoms with Crippen molar-refractivity contribution in [3.8, 4) is 0 Å². The minimum Gasteiger partial charge on any atom is -0.359 e. The van der Waals surface area contributed by atoms with E-state index in [0.717, 1.165) is 0 Å². The van der Waals surface area contributed by atoms with E-state index in [4.69, 9.17) is 0 Å². The number of ketones is 1. The smallest absolute Gasteiger partial charge is 0.220 e. The third-order valence-corrected chi connectivity index (χ3v) is 1.67. The molecule has 64 valence electrons. The second-order valence-corrected chi connectivity index (χ2v) is 2.60. The molecule has 1 atom stereocenters. The summed E-state index contributed by atoms with van der Waals surface area (Å²) in [7, 11) is 1.57. The van der Waals surface area contributed by atoms with Crippen LogP contribution in [0.4, 0.5) is 0 Å². The van der Waals surface area contributed by atoms with Crippen LogP contribution in [0.2, 0.25) is 0 Å². The van der Waals surface area contributed by atoms with Crippen LogP contribution in [0.1, 0.15) is 26.7 Å². The van der Waals surface area contributed by atoms with Gasteiger partial charge in [0.1, 0.15) is 5.78 Å². The lowest BCUT2D eigenvalue weighted by Gasteiger charge is -2.06. The molecule has 1 unspecified atom stereocenters. The van der Waals surface area contributed by atoms with Crippen LogP contribution in [-0.4, -0.2) is 18.7 Å². The van der Waals surface area contributed by atoms with Crippen molar-refractivity contribution in [3.05, 3.63) is 0 Å². The molecular formula is C8H15NO2. The van der Waals surface area contributed by atoms with Crippen molar-refractivity contribution in [3.63, 3.8) is 0 Å². The van der Waals surface area contributed by atoms with Crippen molar-refractivity contribution in [1.29, 1.82) is 0 Å². The Bertz CT molecular complexity index is 154. The lowest BCUT2D eigenvalue weighted by Crippen LogP contribution is -2.23. The Balaban J connectivity index is 3.77. The molecule has 1 amide bonds. The fraction of sp³-hybridized carbons (Fsp3) is 0.750. The Morgan fingerprint density at radius 1 is 1.45 bits per heavy atom. The molecule has 3 heteroatoms. The van der Waals surface area contributed by atoms with Crippen molar-refractivity contribution < 1.29 is 9.59 Å². The average molecular weight is 157 g/mol. The van der Waals surface area contributed by atoms with Crippen LogP contribution >= 0.6 is 0 Å². The first-order chi connectivity index (χ1) is 5.11. The molecule has 0 fully saturated rings. The monoisotopic (exact) mass is 157 g/mol. The van der Waals surface area contributed by atoms with Gasteiger partial charge in [0, 0.05) is 25.8 Å². The van der Waals surface area contributed by atoms with Gasteiger partial charge in [-0.2, -0.15) is 0 Å². The minimum absolute atomic E-state index is 0.0701. The Labute approximate surface area is 67.2 Å². The molecule has 0 aromatic carbocycles. The van der Waals surface area contributed by atoms with Crippen molar-refractivity contribution in [2.75, 3.05) is 7.05 Å². The first kappa shape index (κ1) is 10.1. The van der Waals surface area contributed by atoms with E-state index in [1.54, 1.807) is 14.0 Å². The van der Waals surface area contributed by atoms with Crippen LogP contribution in [0, 0.1) is 5.92 Å². The molecule has 0 aliphatic rings. The normalized spacial score (nSPS) is 12.3. The van der Waals surface area contributed by atoms with Gasteiger partial charge in [-0.1, -0.05) is 13.8 Å². The van der Waals surface area contributed by atoms with E-state index < -0.39 is 0 Å². The summed E-state index contributed by atoms with van der Waals surface area (Å²) in [4.78, 5) is 21.8. The van der Waals surface area contributed by atoms with E-state index in [9.17, 15) is 9.59 Å². The Kier molecular flexibility index (Phi) is 4.50. The lowest BCUT2D eigenvalue weighted by atomic mass is 10.0. The second kappa shape index (κ2) is 4.88. The van der Waals surface area contributed by atoms with Crippen molar-refractivity contribution in [2.45, 2.75) is 26.7 Å². The van der Waals surface area contributed by atoms with Gasteiger partial charge < -0.3 is 5.32 Å². The van der Waals surface area contributed by atoms with Gasteiger partial charge in [0.15, 0.2) is 0 Å². The Morgan fingerprint density at radius 2 is 2.00 bits per heavy atom. The van der Waals surface area contributed by atoms with Gasteiger partial charge in [-0.05, 0) is 0 Å². The number of rotatable bonds is 4. The summed E-state index contributed by atoms with van der Waals surface area (Å²) >= 11 is 0. The zero-order valence-electron chi connectivity index (χ0n) is 7.31. The maximum atomic E-state index is 11.0. The Hall–Kier alpha value is -0.860. The maximum Gasteiger partial charge on any atom is 0.220 e. The highest BCUT2D eigenvalue weighted by Gasteiger charge is 2.13. The summed E-state index contributed by atoms with van der Waals surface area (Å²) < 4.78 is 0. The van der Waals surface area contributed by atoms with Gasteiger partial charge in [-0.15, -0.1) is 0 Å². The summed E-state index contributed by atoms with van der Waals surface area (Å²) in [5, 5.41) is 2.48.